The molecule has 16 heavy (non-hydrogen) atoms. The van der Waals surface area contributed by atoms with Crippen molar-refractivity contribution >= 4 is 27.2 Å². The molecular weight excluding hydrogens is 250 g/mol. The second-order valence-electron chi connectivity index (χ2n) is 4.15. The molecule has 2 fully saturated rings. The average molecular weight is 263 g/mol. The maximum atomic E-state index is 11.2. The van der Waals surface area contributed by atoms with Gasteiger partial charge in [-0.05, 0) is 0 Å². The fourth-order valence-electron chi connectivity index (χ4n) is 2.18. The fourth-order valence-corrected chi connectivity index (χ4v) is 4.51. The smallest absolute Gasteiger partial charge is 0.132 e. The Labute approximate surface area is 100 Å². The molecular formula is C8H13BO5PS-. The molecule has 0 aromatic carbocycles. The molecule has 2 bridgehead atoms. The van der Waals surface area contributed by atoms with Crippen molar-refractivity contribution in [2.24, 2.45) is 0 Å². The van der Waals surface area contributed by atoms with Crippen molar-refractivity contribution in [3.63, 3.8) is 0 Å². The topological polar surface area (TPSA) is 67.8 Å². The number of rotatable bonds is 4. The molecule has 0 aromatic rings. The van der Waals surface area contributed by atoms with Gasteiger partial charge in [-0.25, -0.2) is 0 Å². The molecule has 2 aliphatic heterocycles. The predicted molar refractivity (Wildman–Crippen MR) is 59.9 cm³/mol. The summed E-state index contributed by atoms with van der Waals surface area (Å²) < 4.78 is 27.0. The minimum absolute atomic E-state index is 0.141. The summed E-state index contributed by atoms with van der Waals surface area (Å²) in [5, 5.41) is -0.141. The van der Waals surface area contributed by atoms with E-state index in [1.54, 1.807) is 18.9 Å². The van der Waals surface area contributed by atoms with Crippen molar-refractivity contribution < 1.29 is 23.5 Å². The van der Waals surface area contributed by atoms with E-state index in [1.165, 1.54) is 0 Å². The standard InChI is InChI=1S/C8H14BO5PS/c1-12-3-8-4-16-5(7(9)13-8)6(8)14-15(2,10)11/h5-7H,3-4H2,1-2H3,(H,10,11)/p-1/t5-,6?,7+,8-/m0/s1. The number of methoxy groups -OCH3 is 1. The largest absolute Gasteiger partial charge is 0.779 e. The van der Waals surface area contributed by atoms with Crippen molar-refractivity contribution in [1.82, 2.24) is 0 Å². The second kappa shape index (κ2) is 4.30. The molecule has 0 N–H and O–H groups in total. The van der Waals surface area contributed by atoms with Gasteiger partial charge in [-0.15, -0.1) is 0 Å². The lowest BCUT2D eigenvalue weighted by Crippen LogP contribution is -2.45. The van der Waals surface area contributed by atoms with Crippen LogP contribution in [0.25, 0.3) is 0 Å². The molecule has 0 spiro atoms. The molecule has 5 nitrogen and oxygen atoms in total. The van der Waals surface area contributed by atoms with Gasteiger partial charge in [0, 0.05) is 25.5 Å². The number of hydrogen-bond donors (Lipinski definition) is 0. The molecule has 8 heteroatoms. The van der Waals surface area contributed by atoms with Gasteiger partial charge < -0.3 is 23.5 Å². The highest BCUT2D eigenvalue weighted by molar-refractivity contribution is 8.00. The van der Waals surface area contributed by atoms with Crippen LogP contribution in [0.3, 0.4) is 0 Å². The summed E-state index contributed by atoms with van der Waals surface area (Å²) in [6.45, 7) is 1.34. The van der Waals surface area contributed by atoms with E-state index in [4.69, 9.17) is 21.8 Å². The molecule has 2 heterocycles. The lowest BCUT2D eigenvalue weighted by Gasteiger charge is -2.32. The predicted octanol–water partition coefficient (Wildman–Crippen LogP) is -0.420. The maximum Gasteiger partial charge on any atom is 0.132 e. The van der Waals surface area contributed by atoms with Crippen LogP contribution < -0.4 is 4.89 Å². The monoisotopic (exact) mass is 263 g/mol. The summed E-state index contributed by atoms with van der Waals surface area (Å²) in [6, 6.07) is -0.495. The molecule has 90 valence electrons. The van der Waals surface area contributed by atoms with Crippen LogP contribution in [-0.2, 0) is 18.6 Å². The first-order valence-electron chi connectivity index (χ1n) is 4.89. The highest BCUT2D eigenvalue weighted by atomic mass is 32.2. The van der Waals surface area contributed by atoms with Crippen LogP contribution >= 0.6 is 19.4 Å². The van der Waals surface area contributed by atoms with Crippen LogP contribution in [0.1, 0.15) is 0 Å². The summed E-state index contributed by atoms with van der Waals surface area (Å²) >= 11 is 1.57. The van der Waals surface area contributed by atoms with Crippen LogP contribution in [0.2, 0.25) is 0 Å². The van der Waals surface area contributed by atoms with Gasteiger partial charge in [0.15, 0.2) is 0 Å². The van der Waals surface area contributed by atoms with E-state index in [-0.39, 0.29) is 11.9 Å². The molecule has 5 atom stereocenters. The number of fused-ring (bicyclic) bond motifs is 2. The Hall–Kier alpha value is 0.485. The summed E-state index contributed by atoms with van der Waals surface area (Å²) in [5.74, 6) is 0.643. The normalized spacial score (nSPS) is 45.8. The average Bonchev–Trinajstić information content (AvgIpc) is 2.54. The van der Waals surface area contributed by atoms with Crippen LogP contribution in [0, 0.1) is 0 Å². The first-order valence-corrected chi connectivity index (χ1v) is 7.93. The zero-order chi connectivity index (χ0) is 12.0. The van der Waals surface area contributed by atoms with Crippen LogP contribution in [0.4, 0.5) is 0 Å². The Morgan fingerprint density at radius 3 is 2.94 bits per heavy atom. The van der Waals surface area contributed by atoms with Gasteiger partial charge in [0.2, 0.25) is 0 Å². The van der Waals surface area contributed by atoms with Crippen LogP contribution in [0.5, 0.6) is 0 Å². The lowest BCUT2D eigenvalue weighted by molar-refractivity contribution is -0.205. The van der Waals surface area contributed by atoms with Gasteiger partial charge in [-0.3, -0.25) is 0 Å². The number of ether oxygens (including phenoxy) is 2. The second-order valence-corrected chi connectivity index (χ2v) is 7.07. The Morgan fingerprint density at radius 2 is 2.44 bits per heavy atom. The van der Waals surface area contributed by atoms with Gasteiger partial charge in [-0.1, -0.05) is 0 Å². The zero-order valence-corrected chi connectivity index (χ0v) is 10.8. The first kappa shape index (κ1) is 12.9. The number of thioether (sulfide) groups is 1. The fraction of sp³-hybridized carbons (Fsp3) is 1.00. The molecule has 0 aliphatic carbocycles. The Kier molecular flexibility index (Phi) is 3.48. The van der Waals surface area contributed by atoms with E-state index in [0.717, 1.165) is 6.66 Å². The van der Waals surface area contributed by atoms with Crippen LogP contribution in [0.15, 0.2) is 0 Å². The van der Waals surface area contributed by atoms with E-state index >= 15 is 0 Å². The molecule has 0 amide bonds. The molecule has 0 aromatic heterocycles. The molecule has 2 radical (unpaired) electrons. The maximum absolute atomic E-state index is 11.2. The Bertz CT molecular complexity index is 324. The lowest BCUT2D eigenvalue weighted by atomic mass is 9.93. The van der Waals surface area contributed by atoms with E-state index in [0.29, 0.717) is 5.75 Å². The third-order valence-electron chi connectivity index (χ3n) is 2.73. The van der Waals surface area contributed by atoms with Crippen molar-refractivity contribution in [3.05, 3.63) is 0 Å². The summed E-state index contributed by atoms with van der Waals surface area (Å²) in [7, 11) is 3.52. The highest BCUT2D eigenvalue weighted by Gasteiger charge is 2.60. The van der Waals surface area contributed by atoms with Crippen molar-refractivity contribution in [1.29, 1.82) is 0 Å². The van der Waals surface area contributed by atoms with Crippen molar-refractivity contribution in [2.75, 3.05) is 26.1 Å². The van der Waals surface area contributed by atoms with Gasteiger partial charge in [0.1, 0.15) is 27.1 Å². The van der Waals surface area contributed by atoms with Gasteiger partial charge in [-0.2, -0.15) is 11.8 Å². The van der Waals surface area contributed by atoms with Gasteiger partial charge in [0.05, 0.1) is 11.9 Å². The highest BCUT2D eigenvalue weighted by Crippen LogP contribution is 2.52. The molecule has 2 rings (SSSR count). The van der Waals surface area contributed by atoms with E-state index in [9.17, 15) is 9.46 Å². The Balaban J connectivity index is 2.19. The third-order valence-corrected chi connectivity index (χ3v) is 4.89. The van der Waals surface area contributed by atoms with Crippen LogP contribution in [-0.4, -0.2) is 56.9 Å². The zero-order valence-electron chi connectivity index (χ0n) is 9.12. The summed E-state index contributed by atoms with van der Waals surface area (Å²) in [5.41, 5.74) is -0.723. The Morgan fingerprint density at radius 1 is 1.75 bits per heavy atom. The first-order chi connectivity index (χ1) is 7.38. The van der Waals surface area contributed by atoms with Gasteiger partial charge >= 0.3 is 0 Å². The minimum Gasteiger partial charge on any atom is -0.779 e. The summed E-state index contributed by atoms with van der Waals surface area (Å²) in [4.78, 5) is 11.2. The van der Waals surface area contributed by atoms with Gasteiger partial charge in [0.25, 0.3) is 0 Å². The quantitative estimate of drug-likeness (QED) is 0.507. The molecule has 2 unspecified atom stereocenters. The van der Waals surface area contributed by atoms with E-state index < -0.39 is 25.3 Å². The van der Waals surface area contributed by atoms with E-state index in [2.05, 4.69) is 0 Å². The summed E-state index contributed by atoms with van der Waals surface area (Å²) in [6.07, 6.45) is -0.541. The molecule has 0 saturated carbocycles. The van der Waals surface area contributed by atoms with E-state index in [1.807, 2.05) is 0 Å². The molecule has 2 saturated heterocycles. The molecule has 2 aliphatic rings. The third kappa shape index (κ3) is 2.21. The van der Waals surface area contributed by atoms with Crippen molar-refractivity contribution in [3.8, 4) is 0 Å². The number of hydrogen-bond acceptors (Lipinski definition) is 6. The minimum atomic E-state index is -3.80. The van der Waals surface area contributed by atoms with Crippen molar-refractivity contribution in [2.45, 2.75) is 23.0 Å². The SMILES string of the molecule is [B][C@@H]1O[C@@]2(COC)CS[C@H]1C2OP(C)(=O)[O-].